The second-order valence-electron chi connectivity index (χ2n) is 5.52. The van der Waals surface area contributed by atoms with Crippen molar-refractivity contribution >= 4 is 23.9 Å². The van der Waals surface area contributed by atoms with Crippen LogP contribution in [0.4, 0.5) is 0 Å². The molecule has 1 fully saturated rings. The van der Waals surface area contributed by atoms with Crippen LogP contribution in [0.25, 0.3) is 0 Å². The third kappa shape index (κ3) is 6.60. The predicted octanol–water partition coefficient (Wildman–Crippen LogP) is 0.106. The second-order valence-corrected chi connectivity index (χ2v) is 5.52. The number of hydrogen-bond donors (Lipinski definition) is 0. The maximum Gasteiger partial charge on any atom is 0.303 e. The third-order valence-electron chi connectivity index (χ3n) is 3.28. The molecule has 0 aromatic heterocycles. The maximum atomic E-state index is 11.5. The minimum absolute atomic E-state index is 0.202. The van der Waals surface area contributed by atoms with Crippen LogP contribution in [-0.4, -0.2) is 67.8 Å². The monoisotopic (exact) mass is 376 g/mol. The van der Waals surface area contributed by atoms with Crippen molar-refractivity contribution in [2.45, 2.75) is 65.3 Å². The van der Waals surface area contributed by atoms with Gasteiger partial charge in [-0.1, -0.05) is 0 Å². The summed E-state index contributed by atoms with van der Waals surface area (Å²) < 4.78 is 31.7. The highest BCUT2D eigenvalue weighted by Gasteiger charge is 2.52. The molecule has 0 spiro atoms. The molecule has 0 radical (unpaired) electrons. The molecule has 10 nitrogen and oxygen atoms in total. The molecule has 0 aromatic rings. The van der Waals surface area contributed by atoms with Gasteiger partial charge in [0.1, 0.15) is 12.7 Å². The molecular weight excluding hydrogens is 352 g/mol. The Labute approximate surface area is 151 Å². The lowest BCUT2D eigenvalue weighted by molar-refractivity contribution is -0.307. The number of hydrogen-bond acceptors (Lipinski definition) is 10. The van der Waals surface area contributed by atoms with Gasteiger partial charge in [0.25, 0.3) is 0 Å². The fourth-order valence-electron chi connectivity index (χ4n) is 2.49. The zero-order valence-corrected chi connectivity index (χ0v) is 15.4. The highest BCUT2D eigenvalue weighted by molar-refractivity contribution is 5.68. The van der Waals surface area contributed by atoms with E-state index in [0.717, 1.165) is 13.8 Å². The smallest absolute Gasteiger partial charge is 0.303 e. The van der Waals surface area contributed by atoms with Crippen LogP contribution in [0.3, 0.4) is 0 Å². The van der Waals surface area contributed by atoms with E-state index < -0.39 is 54.6 Å². The first kappa shape index (κ1) is 21.8. The summed E-state index contributed by atoms with van der Waals surface area (Å²) in [5, 5.41) is 0. The van der Waals surface area contributed by atoms with E-state index in [-0.39, 0.29) is 13.2 Å². The first-order valence-corrected chi connectivity index (χ1v) is 8.07. The Hall–Kier alpha value is -2.20. The van der Waals surface area contributed by atoms with Crippen molar-refractivity contribution in [1.29, 1.82) is 0 Å². The third-order valence-corrected chi connectivity index (χ3v) is 3.28. The Morgan fingerprint density at radius 2 is 1.27 bits per heavy atom. The fourth-order valence-corrected chi connectivity index (χ4v) is 2.49. The Morgan fingerprint density at radius 3 is 1.73 bits per heavy atom. The molecule has 0 aromatic carbocycles. The lowest BCUT2D eigenvalue weighted by atomic mass is 9.98. The van der Waals surface area contributed by atoms with Crippen molar-refractivity contribution in [2.75, 3.05) is 13.2 Å². The Kier molecular flexibility index (Phi) is 8.46. The van der Waals surface area contributed by atoms with E-state index in [0.29, 0.717) is 0 Å². The average molecular weight is 376 g/mol. The number of esters is 4. The van der Waals surface area contributed by atoms with Crippen LogP contribution in [0.1, 0.15) is 34.6 Å². The van der Waals surface area contributed by atoms with Crippen molar-refractivity contribution < 1.29 is 47.6 Å². The van der Waals surface area contributed by atoms with Gasteiger partial charge in [-0.3, -0.25) is 19.2 Å². The molecule has 0 bridgehead atoms. The summed E-state index contributed by atoms with van der Waals surface area (Å²) in [4.78, 5) is 45.6. The first-order chi connectivity index (χ1) is 12.1. The van der Waals surface area contributed by atoms with Gasteiger partial charge in [-0.2, -0.15) is 0 Å². The zero-order valence-electron chi connectivity index (χ0n) is 15.4. The molecule has 1 aliphatic rings. The van der Waals surface area contributed by atoms with Gasteiger partial charge in [-0.15, -0.1) is 0 Å². The molecule has 1 aliphatic heterocycles. The van der Waals surface area contributed by atoms with E-state index in [4.69, 9.17) is 28.4 Å². The van der Waals surface area contributed by atoms with E-state index in [1.54, 1.807) is 6.92 Å². The second kappa shape index (κ2) is 10.1. The van der Waals surface area contributed by atoms with E-state index in [1.165, 1.54) is 13.8 Å². The van der Waals surface area contributed by atoms with Crippen LogP contribution in [0.5, 0.6) is 0 Å². The molecule has 26 heavy (non-hydrogen) atoms. The number of carbonyl (C=O) groups is 4. The van der Waals surface area contributed by atoms with Crippen LogP contribution in [0.15, 0.2) is 0 Å². The molecule has 1 unspecified atom stereocenters. The molecular formula is C16H24O10. The van der Waals surface area contributed by atoms with Gasteiger partial charge in [0.05, 0.1) is 0 Å². The molecule has 0 aliphatic carbocycles. The van der Waals surface area contributed by atoms with Gasteiger partial charge < -0.3 is 28.4 Å². The summed E-state index contributed by atoms with van der Waals surface area (Å²) in [5.41, 5.74) is 0. The lowest BCUT2D eigenvalue weighted by Gasteiger charge is -2.43. The van der Waals surface area contributed by atoms with Crippen molar-refractivity contribution in [2.24, 2.45) is 0 Å². The van der Waals surface area contributed by atoms with Gasteiger partial charge in [0.15, 0.2) is 24.6 Å². The van der Waals surface area contributed by atoms with Gasteiger partial charge >= 0.3 is 23.9 Å². The number of ether oxygens (including phenoxy) is 6. The van der Waals surface area contributed by atoms with Crippen molar-refractivity contribution in [1.82, 2.24) is 0 Å². The first-order valence-electron chi connectivity index (χ1n) is 8.07. The number of carbonyl (C=O) groups excluding carboxylic acids is 4. The van der Waals surface area contributed by atoms with Crippen molar-refractivity contribution in [3.05, 3.63) is 0 Å². The normalized spacial score (nSPS) is 28.0. The zero-order chi connectivity index (χ0) is 19.9. The van der Waals surface area contributed by atoms with Crippen LogP contribution in [0, 0.1) is 0 Å². The molecule has 1 rings (SSSR count). The van der Waals surface area contributed by atoms with Crippen molar-refractivity contribution in [3.8, 4) is 0 Å². The molecule has 148 valence electrons. The quantitative estimate of drug-likeness (QED) is 0.446. The van der Waals surface area contributed by atoms with Crippen LogP contribution in [-0.2, 0) is 47.6 Å². The fraction of sp³-hybridized carbons (Fsp3) is 0.750. The summed E-state index contributed by atoms with van der Waals surface area (Å²) in [6.07, 6.45) is -5.65. The molecule has 1 heterocycles. The van der Waals surface area contributed by atoms with E-state index in [1.807, 2.05) is 0 Å². The lowest BCUT2D eigenvalue weighted by Crippen LogP contribution is -2.62. The minimum Gasteiger partial charge on any atom is -0.463 e. The van der Waals surface area contributed by atoms with Crippen LogP contribution < -0.4 is 0 Å². The molecule has 5 atom stereocenters. The number of rotatable bonds is 7. The molecule has 0 N–H and O–H groups in total. The summed E-state index contributed by atoms with van der Waals surface area (Å²) in [6, 6.07) is 0. The maximum absolute atomic E-state index is 11.5. The molecule has 0 amide bonds. The molecule has 10 heteroatoms. The largest absolute Gasteiger partial charge is 0.463 e. The standard InChI is InChI=1S/C16H24O10/c1-6-21-16-15(25-11(5)20)14(24-10(4)19)13(23-9(3)18)12(26-16)7-22-8(2)17/h12-16H,6-7H2,1-5H3/t12-,13+,14+,15-,16?/m1/s1. The van der Waals surface area contributed by atoms with E-state index in [2.05, 4.69) is 0 Å². The minimum atomic E-state index is -1.20. The Morgan fingerprint density at radius 1 is 0.769 bits per heavy atom. The summed E-state index contributed by atoms with van der Waals surface area (Å²) in [5.74, 6) is -2.61. The van der Waals surface area contributed by atoms with E-state index in [9.17, 15) is 19.2 Å². The SMILES string of the molecule is CCOC1O[C@H](COC(C)=O)[C@H](OC(C)=O)[C@H](OC(C)=O)[C@H]1OC(C)=O. The highest BCUT2D eigenvalue weighted by Crippen LogP contribution is 2.29. The Balaban J connectivity index is 3.22. The summed E-state index contributed by atoms with van der Waals surface area (Å²) in [7, 11) is 0. The van der Waals surface area contributed by atoms with Crippen LogP contribution >= 0.6 is 0 Å². The summed E-state index contributed by atoms with van der Waals surface area (Å²) in [6.45, 7) is 6.29. The van der Waals surface area contributed by atoms with Crippen LogP contribution in [0.2, 0.25) is 0 Å². The molecule has 1 saturated heterocycles. The van der Waals surface area contributed by atoms with Crippen molar-refractivity contribution in [3.63, 3.8) is 0 Å². The van der Waals surface area contributed by atoms with Gasteiger partial charge in [0, 0.05) is 34.3 Å². The predicted molar refractivity (Wildman–Crippen MR) is 83.6 cm³/mol. The van der Waals surface area contributed by atoms with Gasteiger partial charge in [-0.05, 0) is 6.92 Å². The highest BCUT2D eigenvalue weighted by atomic mass is 16.7. The topological polar surface area (TPSA) is 124 Å². The van der Waals surface area contributed by atoms with E-state index >= 15 is 0 Å². The average Bonchev–Trinajstić information content (AvgIpc) is 2.50. The Bertz CT molecular complexity index is 531. The van der Waals surface area contributed by atoms with Gasteiger partial charge in [-0.25, -0.2) is 0 Å². The summed E-state index contributed by atoms with van der Waals surface area (Å²) >= 11 is 0. The molecule has 0 saturated carbocycles. The van der Waals surface area contributed by atoms with Gasteiger partial charge in [0.2, 0.25) is 0 Å².